The van der Waals surface area contributed by atoms with Crippen LogP contribution in [0.5, 0.6) is 0 Å². The van der Waals surface area contributed by atoms with Gasteiger partial charge < -0.3 is 14.2 Å². The standard InChI is InChI=1S/C57H104O6/c1-4-7-10-13-16-19-22-25-27-28-30-33-35-38-41-44-47-50-56(59)62-53-54(63-57(60)51-48-45-42-39-36-31-24-21-18-15-12-9-6-3)52-61-55(58)49-46-43-40-37-34-32-29-26-23-20-17-14-11-8-5-2/h17,20-21,24,26,29,54H,4-16,18-19,22-23,25,27-28,30-53H2,1-3H3/b20-17-,24-21-,29-26-/t54-/m1/s1. The highest BCUT2D eigenvalue weighted by Gasteiger charge is 2.19. The van der Waals surface area contributed by atoms with E-state index in [-0.39, 0.29) is 31.1 Å². The Morgan fingerprint density at radius 2 is 0.571 bits per heavy atom. The maximum atomic E-state index is 12.8. The Hall–Kier alpha value is -2.37. The fraction of sp³-hybridized carbons (Fsp3) is 0.842. The van der Waals surface area contributed by atoms with Crippen LogP contribution in [0.4, 0.5) is 0 Å². The highest BCUT2D eigenvalue weighted by molar-refractivity contribution is 5.71. The van der Waals surface area contributed by atoms with Gasteiger partial charge in [0.25, 0.3) is 0 Å². The second kappa shape index (κ2) is 52.3. The van der Waals surface area contributed by atoms with Gasteiger partial charge in [-0.05, 0) is 77.0 Å². The molecule has 6 nitrogen and oxygen atoms in total. The van der Waals surface area contributed by atoms with Crippen molar-refractivity contribution >= 4 is 17.9 Å². The second-order valence-electron chi connectivity index (χ2n) is 18.5. The van der Waals surface area contributed by atoms with Gasteiger partial charge in [-0.2, -0.15) is 0 Å². The minimum atomic E-state index is -0.778. The number of rotatable bonds is 50. The van der Waals surface area contributed by atoms with Gasteiger partial charge >= 0.3 is 17.9 Å². The van der Waals surface area contributed by atoms with E-state index in [1.165, 1.54) is 161 Å². The molecule has 0 aromatic carbocycles. The van der Waals surface area contributed by atoms with Gasteiger partial charge in [-0.15, -0.1) is 0 Å². The smallest absolute Gasteiger partial charge is 0.306 e. The van der Waals surface area contributed by atoms with Crippen LogP contribution >= 0.6 is 0 Å². The van der Waals surface area contributed by atoms with E-state index in [2.05, 4.69) is 57.2 Å². The number of esters is 3. The maximum absolute atomic E-state index is 12.8. The van der Waals surface area contributed by atoms with Crippen molar-refractivity contribution in [2.24, 2.45) is 0 Å². The lowest BCUT2D eigenvalue weighted by molar-refractivity contribution is -0.167. The van der Waals surface area contributed by atoms with Gasteiger partial charge in [0.2, 0.25) is 0 Å². The molecule has 0 amide bonds. The summed E-state index contributed by atoms with van der Waals surface area (Å²) in [5, 5.41) is 0. The van der Waals surface area contributed by atoms with Crippen LogP contribution in [-0.4, -0.2) is 37.2 Å². The summed E-state index contributed by atoms with van der Waals surface area (Å²) >= 11 is 0. The van der Waals surface area contributed by atoms with Crippen molar-refractivity contribution in [3.8, 4) is 0 Å². The molecule has 0 saturated carbocycles. The largest absolute Gasteiger partial charge is 0.462 e. The zero-order valence-electron chi connectivity index (χ0n) is 42.1. The number of ether oxygens (including phenoxy) is 3. The van der Waals surface area contributed by atoms with Crippen LogP contribution in [0.15, 0.2) is 36.5 Å². The Morgan fingerprint density at radius 3 is 0.937 bits per heavy atom. The average Bonchev–Trinajstić information content (AvgIpc) is 3.28. The molecule has 0 rings (SSSR count). The quantitative estimate of drug-likeness (QED) is 0.0262. The molecule has 0 N–H and O–H groups in total. The van der Waals surface area contributed by atoms with E-state index in [4.69, 9.17) is 14.2 Å². The first-order valence-electron chi connectivity index (χ1n) is 27.5. The van der Waals surface area contributed by atoms with Crippen LogP contribution in [-0.2, 0) is 28.6 Å². The van der Waals surface area contributed by atoms with E-state index in [0.717, 1.165) is 89.9 Å². The molecule has 368 valence electrons. The van der Waals surface area contributed by atoms with Crippen molar-refractivity contribution in [1.82, 2.24) is 0 Å². The van der Waals surface area contributed by atoms with Gasteiger partial charge in [-0.25, -0.2) is 0 Å². The van der Waals surface area contributed by atoms with Gasteiger partial charge in [0, 0.05) is 19.3 Å². The molecule has 0 saturated heterocycles. The SMILES string of the molecule is CCCCC/C=C\C/C=C\CCCCCCCC(=O)OC[C@H](COC(=O)CCCCCCCCCCCCCCCCCCC)OC(=O)CCCCCCC/C=C\CCCCCC. The lowest BCUT2D eigenvalue weighted by Gasteiger charge is -2.18. The molecule has 0 aliphatic carbocycles. The van der Waals surface area contributed by atoms with Crippen molar-refractivity contribution in [1.29, 1.82) is 0 Å². The molecule has 0 fully saturated rings. The highest BCUT2D eigenvalue weighted by Crippen LogP contribution is 2.16. The van der Waals surface area contributed by atoms with Crippen molar-refractivity contribution in [3.63, 3.8) is 0 Å². The molecule has 0 unspecified atom stereocenters. The third-order valence-electron chi connectivity index (χ3n) is 12.1. The van der Waals surface area contributed by atoms with Crippen LogP contribution in [0.25, 0.3) is 0 Å². The Labute approximate surface area is 391 Å². The summed E-state index contributed by atoms with van der Waals surface area (Å²) in [7, 11) is 0. The summed E-state index contributed by atoms with van der Waals surface area (Å²) in [5.41, 5.74) is 0. The topological polar surface area (TPSA) is 78.9 Å². The summed E-state index contributed by atoms with van der Waals surface area (Å²) in [4.78, 5) is 38.0. The normalized spacial score (nSPS) is 12.2. The van der Waals surface area contributed by atoms with Crippen molar-refractivity contribution in [2.45, 2.75) is 297 Å². The summed E-state index contributed by atoms with van der Waals surface area (Å²) in [6.45, 7) is 6.61. The number of carbonyl (C=O) groups excluding carboxylic acids is 3. The molecule has 0 aromatic heterocycles. The van der Waals surface area contributed by atoms with E-state index in [0.29, 0.717) is 19.3 Å². The lowest BCUT2D eigenvalue weighted by atomic mass is 10.0. The Balaban J connectivity index is 4.35. The van der Waals surface area contributed by atoms with Gasteiger partial charge in [-0.3, -0.25) is 14.4 Å². The van der Waals surface area contributed by atoms with Gasteiger partial charge in [0.05, 0.1) is 0 Å². The maximum Gasteiger partial charge on any atom is 0.306 e. The molecular weight excluding hydrogens is 781 g/mol. The molecule has 0 aromatic rings. The zero-order chi connectivity index (χ0) is 45.8. The highest BCUT2D eigenvalue weighted by atomic mass is 16.6. The van der Waals surface area contributed by atoms with Crippen LogP contribution in [0.2, 0.25) is 0 Å². The monoisotopic (exact) mass is 885 g/mol. The lowest BCUT2D eigenvalue weighted by Crippen LogP contribution is -2.30. The van der Waals surface area contributed by atoms with Crippen molar-refractivity contribution in [3.05, 3.63) is 36.5 Å². The van der Waals surface area contributed by atoms with Crippen LogP contribution in [0, 0.1) is 0 Å². The molecule has 1 atom stereocenters. The molecule has 0 aliphatic rings. The summed E-state index contributed by atoms with van der Waals surface area (Å²) in [6, 6.07) is 0. The third-order valence-corrected chi connectivity index (χ3v) is 12.1. The molecule has 6 heteroatoms. The Kier molecular flexibility index (Phi) is 50.3. The minimum absolute atomic E-state index is 0.0768. The predicted octanol–water partition coefficient (Wildman–Crippen LogP) is 18.1. The average molecular weight is 885 g/mol. The van der Waals surface area contributed by atoms with Crippen LogP contribution in [0.1, 0.15) is 290 Å². The van der Waals surface area contributed by atoms with E-state index in [9.17, 15) is 14.4 Å². The van der Waals surface area contributed by atoms with E-state index in [1.54, 1.807) is 0 Å². The molecule has 0 bridgehead atoms. The number of allylic oxidation sites excluding steroid dienone is 6. The summed E-state index contributed by atoms with van der Waals surface area (Å²) in [6.07, 6.45) is 61.3. The molecular formula is C57H104O6. The number of hydrogen-bond acceptors (Lipinski definition) is 6. The number of unbranched alkanes of at least 4 members (excludes halogenated alkanes) is 33. The predicted molar refractivity (Wildman–Crippen MR) is 270 cm³/mol. The first-order chi connectivity index (χ1) is 31.0. The van der Waals surface area contributed by atoms with E-state index >= 15 is 0 Å². The Morgan fingerprint density at radius 1 is 0.317 bits per heavy atom. The fourth-order valence-corrected chi connectivity index (χ4v) is 7.94. The second-order valence-corrected chi connectivity index (χ2v) is 18.5. The third kappa shape index (κ3) is 50.5. The molecule has 0 spiro atoms. The van der Waals surface area contributed by atoms with Gasteiger partial charge in [0.15, 0.2) is 6.10 Å². The number of carbonyl (C=O) groups is 3. The molecule has 0 radical (unpaired) electrons. The number of hydrogen-bond donors (Lipinski definition) is 0. The fourth-order valence-electron chi connectivity index (χ4n) is 7.94. The van der Waals surface area contributed by atoms with Crippen molar-refractivity contribution in [2.75, 3.05) is 13.2 Å². The van der Waals surface area contributed by atoms with Crippen molar-refractivity contribution < 1.29 is 28.6 Å². The summed E-state index contributed by atoms with van der Waals surface area (Å²) < 4.78 is 16.8. The van der Waals surface area contributed by atoms with E-state index in [1.807, 2.05) is 0 Å². The van der Waals surface area contributed by atoms with Gasteiger partial charge in [0.1, 0.15) is 13.2 Å². The van der Waals surface area contributed by atoms with E-state index < -0.39 is 6.10 Å². The first-order valence-corrected chi connectivity index (χ1v) is 27.5. The molecule has 0 heterocycles. The zero-order valence-corrected chi connectivity index (χ0v) is 42.1. The molecule has 63 heavy (non-hydrogen) atoms. The van der Waals surface area contributed by atoms with Gasteiger partial charge in [-0.1, -0.05) is 231 Å². The van der Waals surface area contributed by atoms with Crippen LogP contribution in [0.3, 0.4) is 0 Å². The Bertz CT molecular complexity index is 1060. The summed E-state index contributed by atoms with van der Waals surface area (Å²) in [5.74, 6) is -0.886. The minimum Gasteiger partial charge on any atom is -0.462 e. The van der Waals surface area contributed by atoms with Crippen LogP contribution < -0.4 is 0 Å². The molecule has 0 aliphatic heterocycles. The first kappa shape index (κ1) is 60.6.